The first-order valence-electron chi connectivity index (χ1n) is 5.62. The van der Waals surface area contributed by atoms with E-state index < -0.39 is 0 Å². The summed E-state index contributed by atoms with van der Waals surface area (Å²) in [5.41, 5.74) is 1.27. The first-order chi connectivity index (χ1) is 7.22. The Hall–Kier alpha value is -1.02. The predicted molar refractivity (Wildman–Crippen MR) is 64.4 cm³/mol. The van der Waals surface area contributed by atoms with Crippen LogP contribution < -0.4 is 10.1 Å². The van der Waals surface area contributed by atoms with Crippen molar-refractivity contribution in [2.45, 2.75) is 20.8 Å². The largest absolute Gasteiger partial charge is 0.493 e. The summed E-state index contributed by atoms with van der Waals surface area (Å²) in [7, 11) is 0. The molecule has 1 unspecified atom stereocenters. The zero-order valence-corrected chi connectivity index (χ0v) is 9.92. The fourth-order valence-corrected chi connectivity index (χ4v) is 1.32. The number of hydrogen-bond donors (Lipinski definition) is 1. The zero-order chi connectivity index (χ0) is 11.1. The van der Waals surface area contributed by atoms with Gasteiger partial charge in [0.1, 0.15) is 5.75 Å². The van der Waals surface area contributed by atoms with Crippen molar-refractivity contribution in [1.29, 1.82) is 0 Å². The average Bonchev–Trinajstić information content (AvgIpc) is 2.25. The lowest BCUT2D eigenvalue weighted by Crippen LogP contribution is -2.24. The maximum absolute atomic E-state index is 5.68. The molecule has 0 bridgehead atoms. The van der Waals surface area contributed by atoms with Crippen LogP contribution in [-0.4, -0.2) is 19.7 Å². The quantitative estimate of drug-likeness (QED) is 0.774. The van der Waals surface area contributed by atoms with Gasteiger partial charge in [0.05, 0.1) is 6.61 Å². The van der Waals surface area contributed by atoms with Gasteiger partial charge in [0.25, 0.3) is 0 Å². The molecule has 2 heteroatoms. The fraction of sp³-hybridized carbons (Fsp3) is 0.538. The molecule has 0 aliphatic rings. The van der Waals surface area contributed by atoms with E-state index in [1.165, 1.54) is 5.56 Å². The van der Waals surface area contributed by atoms with Crippen LogP contribution in [0.5, 0.6) is 5.75 Å². The molecule has 2 nitrogen and oxygen atoms in total. The van der Waals surface area contributed by atoms with Gasteiger partial charge in [-0.1, -0.05) is 31.5 Å². The maximum atomic E-state index is 5.68. The number of hydrogen-bond acceptors (Lipinski definition) is 2. The highest BCUT2D eigenvalue weighted by Crippen LogP contribution is 2.12. The molecule has 1 aromatic rings. The number of ether oxygens (including phenoxy) is 1. The summed E-state index contributed by atoms with van der Waals surface area (Å²) in [5.74, 6) is 1.51. The van der Waals surface area contributed by atoms with Crippen LogP contribution in [0.1, 0.15) is 19.4 Å². The Morgan fingerprint density at radius 1 is 1.27 bits per heavy atom. The summed E-state index contributed by atoms with van der Waals surface area (Å²) >= 11 is 0. The molecule has 1 atom stereocenters. The molecule has 15 heavy (non-hydrogen) atoms. The minimum atomic E-state index is 0.547. The van der Waals surface area contributed by atoms with Crippen LogP contribution in [0, 0.1) is 12.8 Å². The molecular weight excluding hydrogens is 186 g/mol. The third kappa shape index (κ3) is 4.84. The van der Waals surface area contributed by atoms with Crippen LogP contribution in [0.4, 0.5) is 0 Å². The van der Waals surface area contributed by atoms with E-state index in [4.69, 9.17) is 4.74 Å². The highest BCUT2D eigenvalue weighted by Gasteiger charge is 2.01. The van der Waals surface area contributed by atoms with Crippen molar-refractivity contribution in [3.05, 3.63) is 29.8 Å². The average molecular weight is 207 g/mol. The van der Waals surface area contributed by atoms with Crippen LogP contribution in [0.25, 0.3) is 0 Å². The highest BCUT2D eigenvalue weighted by molar-refractivity contribution is 5.26. The second-order valence-electron chi connectivity index (χ2n) is 4.04. The van der Waals surface area contributed by atoms with Crippen molar-refractivity contribution in [3.8, 4) is 5.75 Å². The van der Waals surface area contributed by atoms with E-state index in [0.29, 0.717) is 5.92 Å². The highest BCUT2D eigenvalue weighted by atomic mass is 16.5. The van der Waals surface area contributed by atoms with E-state index >= 15 is 0 Å². The first kappa shape index (κ1) is 12.1. The van der Waals surface area contributed by atoms with Gasteiger partial charge in [-0.25, -0.2) is 0 Å². The van der Waals surface area contributed by atoms with Crippen molar-refractivity contribution in [2.24, 2.45) is 5.92 Å². The SMILES string of the molecule is CCNCC(C)COc1ccc(C)cc1. The molecule has 0 aliphatic heterocycles. The van der Waals surface area contributed by atoms with Gasteiger partial charge in [0.15, 0.2) is 0 Å². The Kier molecular flexibility index (Phi) is 5.19. The van der Waals surface area contributed by atoms with Crippen molar-refractivity contribution in [3.63, 3.8) is 0 Å². The van der Waals surface area contributed by atoms with Gasteiger partial charge in [-0.3, -0.25) is 0 Å². The monoisotopic (exact) mass is 207 g/mol. The molecule has 0 heterocycles. The van der Waals surface area contributed by atoms with Crippen LogP contribution in [-0.2, 0) is 0 Å². The summed E-state index contributed by atoms with van der Waals surface area (Å²) in [5, 5.41) is 3.31. The summed E-state index contributed by atoms with van der Waals surface area (Å²) in [6, 6.07) is 8.19. The van der Waals surface area contributed by atoms with Gasteiger partial charge < -0.3 is 10.1 Å². The van der Waals surface area contributed by atoms with Gasteiger partial charge in [-0.05, 0) is 25.6 Å². The van der Waals surface area contributed by atoms with E-state index in [0.717, 1.165) is 25.4 Å². The lowest BCUT2D eigenvalue weighted by atomic mass is 10.2. The van der Waals surface area contributed by atoms with Gasteiger partial charge in [0, 0.05) is 12.5 Å². The number of benzene rings is 1. The van der Waals surface area contributed by atoms with Crippen molar-refractivity contribution >= 4 is 0 Å². The summed E-state index contributed by atoms with van der Waals surface area (Å²) in [6.07, 6.45) is 0. The lowest BCUT2D eigenvalue weighted by molar-refractivity contribution is 0.256. The predicted octanol–water partition coefficient (Wildman–Crippen LogP) is 2.62. The van der Waals surface area contributed by atoms with Crippen LogP contribution in [0.15, 0.2) is 24.3 Å². The minimum Gasteiger partial charge on any atom is -0.493 e. The maximum Gasteiger partial charge on any atom is 0.119 e. The molecule has 0 saturated carbocycles. The van der Waals surface area contributed by atoms with E-state index in [2.05, 4.69) is 38.2 Å². The zero-order valence-electron chi connectivity index (χ0n) is 9.92. The Morgan fingerprint density at radius 3 is 2.53 bits per heavy atom. The molecule has 84 valence electrons. The van der Waals surface area contributed by atoms with Crippen LogP contribution in [0.2, 0.25) is 0 Å². The van der Waals surface area contributed by atoms with Gasteiger partial charge in [0.2, 0.25) is 0 Å². The molecule has 1 aromatic carbocycles. The standard InChI is InChI=1S/C13H21NO/c1-4-14-9-12(3)10-15-13-7-5-11(2)6-8-13/h5-8,12,14H,4,9-10H2,1-3H3. The van der Waals surface area contributed by atoms with E-state index in [9.17, 15) is 0 Å². The molecule has 0 aliphatic carbocycles. The van der Waals surface area contributed by atoms with Crippen molar-refractivity contribution in [2.75, 3.05) is 19.7 Å². The Labute approximate surface area is 92.6 Å². The molecule has 0 radical (unpaired) electrons. The smallest absolute Gasteiger partial charge is 0.119 e. The molecule has 0 aromatic heterocycles. The molecule has 0 amide bonds. The van der Waals surface area contributed by atoms with Gasteiger partial charge in [-0.2, -0.15) is 0 Å². The molecule has 1 rings (SSSR count). The summed E-state index contributed by atoms with van der Waals surface area (Å²) in [6.45, 7) is 9.20. The third-order valence-electron chi connectivity index (χ3n) is 2.30. The molecule has 0 fully saturated rings. The van der Waals surface area contributed by atoms with Crippen LogP contribution >= 0.6 is 0 Å². The van der Waals surface area contributed by atoms with Crippen LogP contribution in [0.3, 0.4) is 0 Å². The first-order valence-corrected chi connectivity index (χ1v) is 5.62. The molecule has 0 saturated heterocycles. The normalized spacial score (nSPS) is 12.5. The Bertz CT molecular complexity index is 268. The van der Waals surface area contributed by atoms with Crippen molar-refractivity contribution in [1.82, 2.24) is 5.32 Å². The van der Waals surface area contributed by atoms with Gasteiger partial charge in [-0.15, -0.1) is 0 Å². The molecular formula is C13H21NO. The lowest BCUT2D eigenvalue weighted by Gasteiger charge is -2.13. The topological polar surface area (TPSA) is 21.3 Å². The number of aryl methyl sites for hydroxylation is 1. The van der Waals surface area contributed by atoms with E-state index in [-0.39, 0.29) is 0 Å². The summed E-state index contributed by atoms with van der Waals surface area (Å²) in [4.78, 5) is 0. The second-order valence-corrected chi connectivity index (χ2v) is 4.04. The Balaban J connectivity index is 2.27. The summed E-state index contributed by atoms with van der Waals surface area (Å²) < 4.78 is 5.68. The third-order valence-corrected chi connectivity index (χ3v) is 2.30. The van der Waals surface area contributed by atoms with Gasteiger partial charge >= 0.3 is 0 Å². The van der Waals surface area contributed by atoms with E-state index in [1.54, 1.807) is 0 Å². The molecule has 0 spiro atoms. The van der Waals surface area contributed by atoms with Crippen molar-refractivity contribution < 1.29 is 4.74 Å². The second kappa shape index (κ2) is 6.46. The Morgan fingerprint density at radius 2 is 1.93 bits per heavy atom. The minimum absolute atomic E-state index is 0.547. The fourth-order valence-electron chi connectivity index (χ4n) is 1.32. The van der Waals surface area contributed by atoms with E-state index in [1.807, 2.05) is 12.1 Å². The number of nitrogens with one attached hydrogen (secondary N) is 1. The number of rotatable bonds is 6. The molecule has 1 N–H and O–H groups in total.